The lowest BCUT2D eigenvalue weighted by atomic mass is 9.98. The first-order chi connectivity index (χ1) is 7.58. The summed E-state index contributed by atoms with van der Waals surface area (Å²) in [6, 6.07) is 4.56. The number of benzene rings is 1. The third kappa shape index (κ3) is 3.24. The predicted molar refractivity (Wildman–Crippen MR) is 69.1 cm³/mol. The monoisotopic (exact) mass is 221 g/mol. The molecule has 0 heterocycles. The summed E-state index contributed by atoms with van der Waals surface area (Å²) < 4.78 is 5.45. The van der Waals surface area contributed by atoms with E-state index in [9.17, 15) is 0 Å². The van der Waals surface area contributed by atoms with Gasteiger partial charge in [-0.25, -0.2) is 0 Å². The second-order valence-electron chi connectivity index (χ2n) is 4.53. The van der Waals surface area contributed by atoms with Gasteiger partial charge in [0.1, 0.15) is 5.75 Å². The van der Waals surface area contributed by atoms with Crippen molar-refractivity contribution in [2.45, 2.75) is 46.1 Å². The molecule has 0 aliphatic heterocycles. The minimum absolute atomic E-state index is 0.236. The maximum atomic E-state index is 6.08. The highest BCUT2D eigenvalue weighted by atomic mass is 16.5. The van der Waals surface area contributed by atoms with E-state index in [1.807, 2.05) is 0 Å². The topological polar surface area (TPSA) is 35.2 Å². The summed E-state index contributed by atoms with van der Waals surface area (Å²) in [7, 11) is 1.73. The molecule has 0 bridgehead atoms. The van der Waals surface area contributed by atoms with Crippen LogP contribution < -0.4 is 10.5 Å². The molecule has 1 atom stereocenters. The van der Waals surface area contributed by atoms with E-state index in [0.717, 1.165) is 25.0 Å². The fraction of sp³-hybridized carbons (Fsp3) is 0.571. The molecule has 0 radical (unpaired) electrons. The van der Waals surface area contributed by atoms with Gasteiger partial charge in [0.15, 0.2) is 0 Å². The largest absolute Gasteiger partial charge is 0.496 e. The van der Waals surface area contributed by atoms with Crippen LogP contribution in [0.4, 0.5) is 0 Å². The van der Waals surface area contributed by atoms with E-state index in [-0.39, 0.29) is 6.04 Å². The van der Waals surface area contributed by atoms with Crippen LogP contribution in [0, 0.1) is 13.8 Å². The van der Waals surface area contributed by atoms with Crippen molar-refractivity contribution in [3.63, 3.8) is 0 Å². The SMILES string of the molecule is CCCC(N)Cc1cc(C)cc(C)c1OC. The Labute approximate surface area is 98.8 Å². The number of aryl methyl sites for hydroxylation is 2. The molecule has 0 aliphatic carbocycles. The molecule has 1 aromatic carbocycles. The quantitative estimate of drug-likeness (QED) is 0.829. The van der Waals surface area contributed by atoms with Gasteiger partial charge in [-0.2, -0.15) is 0 Å². The van der Waals surface area contributed by atoms with Crippen LogP contribution in [0.25, 0.3) is 0 Å². The predicted octanol–water partition coefficient (Wildman–Crippen LogP) is 2.98. The first kappa shape index (κ1) is 13.0. The molecule has 16 heavy (non-hydrogen) atoms. The van der Waals surface area contributed by atoms with Crippen molar-refractivity contribution >= 4 is 0 Å². The normalized spacial score (nSPS) is 12.6. The van der Waals surface area contributed by atoms with Crippen molar-refractivity contribution in [3.8, 4) is 5.75 Å². The van der Waals surface area contributed by atoms with Crippen LogP contribution in [0.2, 0.25) is 0 Å². The maximum Gasteiger partial charge on any atom is 0.125 e. The van der Waals surface area contributed by atoms with Crippen LogP contribution in [-0.2, 0) is 6.42 Å². The summed E-state index contributed by atoms with van der Waals surface area (Å²) in [5.41, 5.74) is 9.79. The highest BCUT2D eigenvalue weighted by Gasteiger charge is 2.11. The smallest absolute Gasteiger partial charge is 0.125 e. The van der Waals surface area contributed by atoms with Crippen molar-refractivity contribution in [2.24, 2.45) is 5.73 Å². The van der Waals surface area contributed by atoms with Crippen LogP contribution in [0.3, 0.4) is 0 Å². The summed E-state index contributed by atoms with van der Waals surface area (Å²) in [5, 5.41) is 0. The lowest BCUT2D eigenvalue weighted by Crippen LogP contribution is -2.22. The summed E-state index contributed by atoms with van der Waals surface area (Å²) in [6.45, 7) is 6.36. The van der Waals surface area contributed by atoms with Gasteiger partial charge in [0, 0.05) is 6.04 Å². The number of rotatable bonds is 5. The molecule has 1 aromatic rings. The number of methoxy groups -OCH3 is 1. The van der Waals surface area contributed by atoms with E-state index in [1.54, 1.807) is 7.11 Å². The highest BCUT2D eigenvalue weighted by Crippen LogP contribution is 2.26. The molecule has 90 valence electrons. The first-order valence-corrected chi connectivity index (χ1v) is 5.98. The Morgan fingerprint density at radius 3 is 2.56 bits per heavy atom. The van der Waals surface area contributed by atoms with Crippen molar-refractivity contribution in [2.75, 3.05) is 7.11 Å². The van der Waals surface area contributed by atoms with E-state index < -0.39 is 0 Å². The molecule has 0 saturated carbocycles. The molecule has 0 fully saturated rings. The minimum Gasteiger partial charge on any atom is -0.496 e. The van der Waals surface area contributed by atoms with Crippen molar-refractivity contribution in [1.29, 1.82) is 0 Å². The number of hydrogen-bond acceptors (Lipinski definition) is 2. The van der Waals surface area contributed by atoms with E-state index in [0.29, 0.717) is 0 Å². The molecule has 1 unspecified atom stereocenters. The number of ether oxygens (including phenoxy) is 1. The fourth-order valence-corrected chi connectivity index (χ4v) is 2.24. The molecule has 0 spiro atoms. The van der Waals surface area contributed by atoms with Crippen molar-refractivity contribution < 1.29 is 4.74 Å². The Kier molecular flexibility index (Phi) is 4.81. The van der Waals surface area contributed by atoms with E-state index in [2.05, 4.69) is 32.9 Å². The number of hydrogen-bond donors (Lipinski definition) is 1. The van der Waals surface area contributed by atoms with Gasteiger partial charge in [0.2, 0.25) is 0 Å². The van der Waals surface area contributed by atoms with Gasteiger partial charge < -0.3 is 10.5 Å². The second kappa shape index (κ2) is 5.90. The van der Waals surface area contributed by atoms with E-state index in [1.165, 1.54) is 16.7 Å². The molecular weight excluding hydrogens is 198 g/mol. The Morgan fingerprint density at radius 2 is 2.00 bits per heavy atom. The molecule has 0 saturated heterocycles. The number of nitrogens with two attached hydrogens (primary N) is 1. The van der Waals surface area contributed by atoms with Gasteiger partial charge in [-0.3, -0.25) is 0 Å². The lowest BCUT2D eigenvalue weighted by molar-refractivity contribution is 0.404. The summed E-state index contributed by atoms with van der Waals surface area (Å²) in [6.07, 6.45) is 3.10. The third-order valence-electron chi connectivity index (χ3n) is 2.84. The van der Waals surface area contributed by atoms with Gasteiger partial charge >= 0.3 is 0 Å². The lowest BCUT2D eigenvalue weighted by Gasteiger charge is -2.16. The van der Waals surface area contributed by atoms with Crippen LogP contribution in [-0.4, -0.2) is 13.2 Å². The maximum absolute atomic E-state index is 6.08. The molecule has 2 N–H and O–H groups in total. The molecular formula is C14H23NO. The second-order valence-corrected chi connectivity index (χ2v) is 4.53. The molecule has 0 aromatic heterocycles. The van der Waals surface area contributed by atoms with Gasteiger partial charge in [-0.05, 0) is 37.8 Å². The van der Waals surface area contributed by atoms with E-state index >= 15 is 0 Å². The average Bonchev–Trinajstić information content (AvgIpc) is 2.17. The van der Waals surface area contributed by atoms with Gasteiger partial charge in [0.25, 0.3) is 0 Å². The van der Waals surface area contributed by atoms with Crippen LogP contribution in [0.1, 0.15) is 36.5 Å². The Hall–Kier alpha value is -1.02. The summed E-state index contributed by atoms with van der Waals surface area (Å²) >= 11 is 0. The van der Waals surface area contributed by atoms with Crippen molar-refractivity contribution in [1.82, 2.24) is 0 Å². The Bertz CT molecular complexity index is 347. The molecule has 2 heteroatoms. The molecule has 2 nitrogen and oxygen atoms in total. The zero-order valence-electron chi connectivity index (χ0n) is 10.8. The van der Waals surface area contributed by atoms with Gasteiger partial charge in [0.05, 0.1) is 7.11 Å². The first-order valence-electron chi connectivity index (χ1n) is 5.98. The van der Waals surface area contributed by atoms with Crippen molar-refractivity contribution in [3.05, 3.63) is 28.8 Å². The highest BCUT2D eigenvalue weighted by molar-refractivity contribution is 5.44. The minimum atomic E-state index is 0.236. The summed E-state index contributed by atoms with van der Waals surface area (Å²) in [4.78, 5) is 0. The summed E-state index contributed by atoms with van der Waals surface area (Å²) in [5.74, 6) is 0.997. The molecule has 1 rings (SSSR count). The third-order valence-corrected chi connectivity index (χ3v) is 2.84. The van der Waals surface area contributed by atoms with Gasteiger partial charge in [-0.1, -0.05) is 31.0 Å². The Balaban J connectivity index is 2.93. The van der Waals surface area contributed by atoms with Gasteiger partial charge in [-0.15, -0.1) is 0 Å². The molecule has 0 aliphatic rings. The zero-order valence-corrected chi connectivity index (χ0v) is 10.8. The average molecular weight is 221 g/mol. The zero-order chi connectivity index (χ0) is 12.1. The van der Waals surface area contributed by atoms with E-state index in [4.69, 9.17) is 10.5 Å². The standard InChI is InChI=1S/C14H23NO/c1-5-6-13(15)9-12-8-10(2)7-11(3)14(12)16-4/h7-8,13H,5-6,9,15H2,1-4H3. The Morgan fingerprint density at radius 1 is 1.31 bits per heavy atom. The van der Waals surface area contributed by atoms with Crippen LogP contribution in [0.15, 0.2) is 12.1 Å². The van der Waals surface area contributed by atoms with Crippen LogP contribution in [0.5, 0.6) is 5.75 Å². The van der Waals surface area contributed by atoms with Crippen LogP contribution >= 0.6 is 0 Å². The molecule has 0 amide bonds. The fourth-order valence-electron chi connectivity index (χ4n) is 2.24.